The second-order valence-corrected chi connectivity index (χ2v) is 6.44. The number of anilines is 1. The van der Waals surface area contributed by atoms with E-state index >= 15 is 0 Å². The van der Waals surface area contributed by atoms with Crippen molar-refractivity contribution in [2.45, 2.75) is 6.54 Å². The molecule has 1 aliphatic heterocycles. The van der Waals surface area contributed by atoms with Gasteiger partial charge in [-0.25, -0.2) is 0 Å². The summed E-state index contributed by atoms with van der Waals surface area (Å²) in [6.07, 6.45) is 0. The normalized spacial score (nSPS) is 12.6. The van der Waals surface area contributed by atoms with Crippen molar-refractivity contribution in [1.29, 1.82) is 0 Å². The fourth-order valence-corrected chi connectivity index (χ4v) is 3.68. The van der Waals surface area contributed by atoms with E-state index in [9.17, 15) is 9.59 Å². The van der Waals surface area contributed by atoms with E-state index in [1.165, 1.54) is 0 Å². The second kappa shape index (κ2) is 5.94. The van der Waals surface area contributed by atoms with Gasteiger partial charge in [-0.3, -0.25) is 9.59 Å². The zero-order valence-electron chi connectivity index (χ0n) is 12.7. The van der Waals surface area contributed by atoms with Crippen LogP contribution in [0.15, 0.2) is 60.0 Å². The minimum Gasteiger partial charge on any atom is -0.348 e. The highest BCUT2D eigenvalue weighted by molar-refractivity contribution is 7.13. The monoisotopic (exact) mass is 334 g/mol. The number of fused-ring (bicyclic) bond motifs is 1. The van der Waals surface area contributed by atoms with E-state index in [0.717, 1.165) is 16.0 Å². The number of hydrogen-bond donors (Lipinski definition) is 2. The van der Waals surface area contributed by atoms with Gasteiger partial charge in [0, 0.05) is 17.0 Å². The van der Waals surface area contributed by atoms with Gasteiger partial charge in [-0.1, -0.05) is 30.3 Å². The van der Waals surface area contributed by atoms with Crippen LogP contribution in [0.1, 0.15) is 26.3 Å². The number of hydrogen-bond acceptors (Lipinski definition) is 3. The number of nitrogens with one attached hydrogen (secondary N) is 2. The van der Waals surface area contributed by atoms with Gasteiger partial charge >= 0.3 is 0 Å². The zero-order chi connectivity index (χ0) is 16.5. The molecule has 0 atom stereocenters. The van der Waals surface area contributed by atoms with Crippen molar-refractivity contribution in [3.63, 3.8) is 0 Å². The van der Waals surface area contributed by atoms with Crippen LogP contribution in [0.2, 0.25) is 0 Å². The van der Waals surface area contributed by atoms with E-state index in [1.54, 1.807) is 29.5 Å². The van der Waals surface area contributed by atoms with Crippen LogP contribution in [0, 0.1) is 0 Å². The first-order valence-corrected chi connectivity index (χ1v) is 8.46. The molecule has 0 spiro atoms. The van der Waals surface area contributed by atoms with Gasteiger partial charge < -0.3 is 10.6 Å². The molecule has 0 saturated carbocycles. The molecule has 2 heterocycles. The van der Waals surface area contributed by atoms with E-state index < -0.39 is 0 Å². The Kier molecular flexibility index (Phi) is 3.63. The molecular formula is C19H14N2O2S. The number of carbonyl (C=O) groups is 2. The molecule has 24 heavy (non-hydrogen) atoms. The lowest BCUT2D eigenvalue weighted by atomic mass is 10.00. The van der Waals surface area contributed by atoms with Crippen LogP contribution in [0.5, 0.6) is 0 Å². The molecule has 1 aromatic heterocycles. The molecule has 3 aromatic rings. The maximum absolute atomic E-state index is 12.4. The minimum atomic E-state index is -0.221. The van der Waals surface area contributed by atoms with Crippen molar-refractivity contribution >= 4 is 28.8 Å². The molecule has 4 rings (SSSR count). The maximum Gasteiger partial charge on any atom is 0.255 e. The maximum atomic E-state index is 12.4. The van der Waals surface area contributed by atoms with E-state index in [1.807, 2.05) is 41.8 Å². The highest BCUT2D eigenvalue weighted by Gasteiger charge is 2.27. The fourth-order valence-electron chi connectivity index (χ4n) is 2.90. The number of amides is 2. The average Bonchev–Trinajstić information content (AvgIpc) is 3.27. The number of benzene rings is 2. The molecule has 5 heteroatoms. The first-order chi connectivity index (χ1) is 11.7. The predicted molar refractivity (Wildman–Crippen MR) is 95.3 cm³/mol. The van der Waals surface area contributed by atoms with Crippen LogP contribution >= 0.6 is 11.3 Å². The van der Waals surface area contributed by atoms with Crippen LogP contribution in [0.3, 0.4) is 0 Å². The third-order valence-corrected chi connectivity index (χ3v) is 4.94. The summed E-state index contributed by atoms with van der Waals surface area (Å²) in [6, 6.07) is 16.8. The third-order valence-electron chi connectivity index (χ3n) is 4.04. The van der Waals surface area contributed by atoms with Crippen molar-refractivity contribution < 1.29 is 9.59 Å². The number of thiophene rings is 1. The molecule has 0 unspecified atom stereocenters. The fraction of sp³-hybridized carbons (Fsp3) is 0.0526. The second-order valence-electron chi connectivity index (χ2n) is 5.49. The minimum absolute atomic E-state index is 0.147. The van der Waals surface area contributed by atoms with Crippen LogP contribution in [0.25, 0.3) is 10.4 Å². The van der Waals surface area contributed by atoms with Crippen molar-refractivity contribution in [2.75, 3.05) is 5.32 Å². The smallest absolute Gasteiger partial charge is 0.255 e. The van der Waals surface area contributed by atoms with Gasteiger partial charge in [0.2, 0.25) is 0 Å². The summed E-state index contributed by atoms with van der Waals surface area (Å²) in [6.45, 7) is 0.483. The molecule has 0 fully saturated rings. The topological polar surface area (TPSA) is 58.2 Å². The van der Waals surface area contributed by atoms with Gasteiger partial charge in [-0.15, -0.1) is 11.3 Å². The van der Waals surface area contributed by atoms with Gasteiger partial charge in [0.15, 0.2) is 0 Å². The standard InChI is InChI=1S/C19H14N2O2S/c22-18(12-5-2-1-3-6-12)21-15-9-8-13(16-7-4-10-24-16)14-11-20-19(23)17(14)15/h1-10H,11H2,(H,20,23)(H,21,22). The van der Waals surface area contributed by atoms with Crippen molar-refractivity contribution in [2.24, 2.45) is 0 Å². The first-order valence-electron chi connectivity index (χ1n) is 7.58. The SMILES string of the molecule is O=C(Nc1ccc(-c2cccs2)c2c1C(=O)NC2)c1ccccc1. The molecule has 0 saturated heterocycles. The summed E-state index contributed by atoms with van der Waals surface area (Å²) in [7, 11) is 0. The van der Waals surface area contributed by atoms with E-state index in [4.69, 9.17) is 0 Å². The third kappa shape index (κ3) is 2.49. The van der Waals surface area contributed by atoms with Gasteiger partial charge in [0.25, 0.3) is 11.8 Å². The summed E-state index contributed by atoms with van der Waals surface area (Å²) < 4.78 is 0. The largest absolute Gasteiger partial charge is 0.348 e. The van der Waals surface area contributed by atoms with E-state index in [0.29, 0.717) is 23.4 Å². The Hall–Kier alpha value is -2.92. The molecule has 2 amide bonds. The Morgan fingerprint density at radius 2 is 1.88 bits per heavy atom. The lowest BCUT2D eigenvalue weighted by molar-refractivity contribution is 0.0966. The summed E-state index contributed by atoms with van der Waals surface area (Å²) in [5.41, 5.74) is 3.65. The van der Waals surface area contributed by atoms with Crippen LogP contribution in [-0.4, -0.2) is 11.8 Å². The lowest BCUT2D eigenvalue weighted by Gasteiger charge is -2.12. The van der Waals surface area contributed by atoms with Crippen molar-refractivity contribution in [1.82, 2.24) is 5.32 Å². The molecule has 2 N–H and O–H groups in total. The van der Waals surface area contributed by atoms with Crippen LogP contribution in [0.4, 0.5) is 5.69 Å². The lowest BCUT2D eigenvalue weighted by Crippen LogP contribution is -2.17. The zero-order valence-corrected chi connectivity index (χ0v) is 13.5. The molecule has 0 bridgehead atoms. The van der Waals surface area contributed by atoms with Gasteiger partial charge in [0.1, 0.15) is 0 Å². The Morgan fingerprint density at radius 3 is 2.62 bits per heavy atom. The Bertz CT molecular complexity index is 918. The Morgan fingerprint density at radius 1 is 1.04 bits per heavy atom. The molecular weight excluding hydrogens is 320 g/mol. The Labute approximate surface area is 143 Å². The quantitative estimate of drug-likeness (QED) is 0.763. The average molecular weight is 334 g/mol. The summed E-state index contributed by atoms with van der Waals surface area (Å²) >= 11 is 1.63. The molecule has 2 aromatic carbocycles. The number of carbonyl (C=O) groups excluding carboxylic acids is 2. The highest BCUT2D eigenvalue weighted by Crippen LogP contribution is 2.36. The van der Waals surface area contributed by atoms with Crippen molar-refractivity contribution in [3.8, 4) is 10.4 Å². The summed E-state index contributed by atoms with van der Waals surface area (Å²) in [5, 5.41) is 7.73. The molecule has 0 aliphatic carbocycles. The van der Waals surface area contributed by atoms with Crippen LogP contribution in [-0.2, 0) is 6.54 Å². The van der Waals surface area contributed by atoms with Gasteiger partial charge in [-0.2, -0.15) is 0 Å². The Balaban J connectivity index is 1.74. The van der Waals surface area contributed by atoms with E-state index in [-0.39, 0.29) is 11.8 Å². The summed E-state index contributed by atoms with van der Waals surface area (Å²) in [4.78, 5) is 25.8. The van der Waals surface area contributed by atoms with Gasteiger partial charge in [0.05, 0.1) is 11.3 Å². The van der Waals surface area contributed by atoms with Gasteiger partial charge in [-0.05, 0) is 40.8 Å². The van der Waals surface area contributed by atoms with E-state index in [2.05, 4.69) is 10.6 Å². The molecule has 0 radical (unpaired) electrons. The molecule has 1 aliphatic rings. The molecule has 118 valence electrons. The van der Waals surface area contributed by atoms with Crippen molar-refractivity contribution in [3.05, 3.63) is 76.7 Å². The number of rotatable bonds is 3. The first kappa shape index (κ1) is 14.7. The molecule has 4 nitrogen and oxygen atoms in total. The highest BCUT2D eigenvalue weighted by atomic mass is 32.1. The predicted octanol–water partition coefficient (Wildman–Crippen LogP) is 3.91. The van der Waals surface area contributed by atoms with Crippen LogP contribution < -0.4 is 10.6 Å². The summed E-state index contributed by atoms with van der Waals surface area (Å²) in [5.74, 6) is -0.367.